The smallest absolute Gasteiger partial charge is 0.270 e. The molecule has 0 radical (unpaired) electrons. The molecule has 1 aliphatic carbocycles. The van der Waals surface area contributed by atoms with Crippen LogP contribution in [-0.4, -0.2) is 59.3 Å². The number of nitrogens with zero attached hydrogens (tertiary/aromatic N) is 5. The van der Waals surface area contributed by atoms with Crippen molar-refractivity contribution in [3.63, 3.8) is 0 Å². The molecule has 1 aliphatic rings. The number of aromatic amines is 1. The number of hydrogen-bond acceptors (Lipinski definition) is 6. The topological polar surface area (TPSA) is 143 Å². The number of amides is 2. The van der Waals surface area contributed by atoms with Crippen molar-refractivity contribution in [3.05, 3.63) is 95.3 Å². The Morgan fingerprint density at radius 3 is 2.49 bits per heavy atom. The number of carbonyl (C=O) groups is 2. The molecule has 232 valence electrons. The highest BCUT2D eigenvalue weighted by atomic mass is 16.3. The van der Waals surface area contributed by atoms with Gasteiger partial charge in [0.1, 0.15) is 11.7 Å². The summed E-state index contributed by atoms with van der Waals surface area (Å²) in [5.41, 5.74) is 8.43. The zero-order chi connectivity index (χ0) is 31.9. The Bertz CT molecular complexity index is 1840. The summed E-state index contributed by atoms with van der Waals surface area (Å²) in [7, 11) is 1.70. The quantitative estimate of drug-likeness (QED) is 0.195. The first-order valence-corrected chi connectivity index (χ1v) is 15.1. The molecule has 0 bridgehead atoms. The minimum atomic E-state index is -0.835. The van der Waals surface area contributed by atoms with Gasteiger partial charge in [0.15, 0.2) is 0 Å². The third-order valence-corrected chi connectivity index (χ3v) is 8.79. The van der Waals surface area contributed by atoms with Gasteiger partial charge >= 0.3 is 0 Å². The van der Waals surface area contributed by atoms with Crippen molar-refractivity contribution < 1.29 is 14.7 Å². The average Bonchev–Trinajstić information content (AvgIpc) is 3.83. The van der Waals surface area contributed by atoms with E-state index in [2.05, 4.69) is 49.2 Å². The van der Waals surface area contributed by atoms with Gasteiger partial charge in [-0.25, -0.2) is 0 Å². The molecule has 11 nitrogen and oxygen atoms in total. The third kappa shape index (κ3) is 5.78. The summed E-state index contributed by atoms with van der Waals surface area (Å²) >= 11 is 0. The lowest BCUT2D eigenvalue weighted by atomic mass is 9.90. The van der Waals surface area contributed by atoms with E-state index in [1.807, 2.05) is 58.2 Å². The maximum Gasteiger partial charge on any atom is 0.270 e. The van der Waals surface area contributed by atoms with Crippen LogP contribution in [0, 0.1) is 13.8 Å². The van der Waals surface area contributed by atoms with Crippen LogP contribution >= 0.6 is 0 Å². The standard InChI is InChI=1S/C34H38N8O3/c1-20-30(21(2)40-39-20)23-8-11-26(12-9-23)37-33(45)31(38-32(44)29-14-15-35-41(29)5)27-13-10-22-6-7-24(16-28(22)27)25-17-36-42(18-25)34(3,4)19-43/h6-9,11-12,14-18,27,31,43H,10,13,19H2,1-5H3,(H,37,45)(H,38,44)(H,39,40)/t27-,31+/m1/s1. The molecule has 3 heterocycles. The Balaban J connectivity index is 1.30. The molecule has 0 fully saturated rings. The molecule has 4 N–H and O–H groups in total. The van der Waals surface area contributed by atoms with Crippen LogP contribution in [0.25, 0.3) is 22.3 Å². The molecule has 0 unspecified atom stereocenters. The van der Waals surface area contributed by atoms with Gasteiger partial charge in [-0.05, 0) is 81.0 Å². The van der Waals surface area contributed by atoms with E-state index in [0.717, 1.165) is 51.2 Å². The molecule has 45 heavy (non-hydrogen) atoms. The normalized spacial score (nSPS) is 15.1. The van der Waals surface area contributed by atoms with Crippen LogP contribution in [0.15, 0.2) is 67.1 Å². The number of aryl methyl sites for hydroxylation is 4. The molecule has 5 aromatic rings. The number of H-pyrrole nitrogens is 1. The summed E-state index contributed by atoms with van der Waals surface area (Å²) in [5.74, 6) is -0.917. The summed E-state index contributed by atoms with van der Waals surface area (Å²) in [5, 5.41) is 31.8. The predicted octanol–water partition coefficient (Wildman–Crippen LogP) is 4.49. The van der Waals surface area contributed by atoms with Gasteiger partial charge in [0.25, 0.3) is 5.91 Å². The van der Waals surface area contributed by atoms with E-state index in [0.29, 0.717) is 17.8 Å². The van der Waals surface area contributed by atoms with E-state index in [9.17, 15) is 14.7 Å². The van der Waals surface area contributed by atoms with Crippen LogP contribution in [0.5, 0.6) is 0 Å². The molecule has 0 aliphatic heterocycles. The average molecular weight is 607 g/mol. The number of rotatable bonds is 9. The number of aromatic nitrogens is 6. The Hall–Kier alpha value is -5.03. The van der Waals surface area contributed by atoms with Crippen molar-refractivity contribution in [2.45, 2.75) is 58.0 Å². The molecule has 0 spiro atoms. The Morgan fingerprint density at radius 2 is 1.82 bits per heavy atom. The van der Waals surface area contributed by atoms with Crippen LogP contribution < -0.4 is 10.6 Å². The molecular weight excluding hydrogens is 568 g/mol. The minimum Gasteiger partial charge on any atom is -0.394 e. The van der Waals surface area contributed by atoms with Crippen molar-refractivity contribution in [1.29, 1.82) is 0 Å². The number of carbonyl (C=O) groups excluding carboxylic acids is 2. The van der Waals surface area contributed by atoms with Crippen molar-refractivity contribution in [2.24, 2.45) is 7.05 Å². The van der Waals surface area contributed by atoms with E-state index < -0.39 is 11.6 Å². The molecule has 3 aromatic heterocycles. The fourth-order valence-corrected chi connectivity index (χ4v) is 6.11. The first-order chi connectivity index (χ1) is 21.6. The van der Waals surface area contributed by atoms with Crippen molar-refractivity contribution in [3.8, 4) is 22.3 Å². The molecule has 6 rings (SSSR count). The zero-order valence-corrected chi connectivity index (χ0v) is 26.1. The second kappa shape index (κ2) is 11.8. The van der Waals surface area contributed by atoms with E-state index in [4.69, 9.17) is 0 Å². The fraction of sp³-hybridized carbons (Fsp3) is 0.324. The lowest BCUT2D eigenvalue weighted by molar-refractivity contribution is -0.118. The summed E-state index contributed by atoms with van der Waals surface area (Å²) in [6.45, 7) is 7.73. The van der Waals surface area contributed by atoms with Crippen molar-refractivity contribution in [1.82, 2.24) is 35.1 Å². The van der Waals surface area contributed by atoms with Gasteiger partial charge in [0.2, 0.25) is 5.91 Å². The monoisotopic (exact) mass is 606 g/mol. The Kier molecular flexibility index (Phi) is 7.88. The Morgan fingerprint density at radius 1 is 1.07 bits per heavy atom. The van der Waals surface area contributed by atoms with Crippen LogP contribution in [-0.2, 0) is 23.8 Å². The zero-order valence-electron chi connectivity index (χ0n) is 26.1. The van der Waals surface area contributed by atoms with Gasteiger partial charge in [-0.15, -0.1) is 0 Å². The van der Waals surface area contributed by atoms with Crippen molar-refractivity contribution in [2.75, 3.05) is 11.9 Å². The molecule has 0 saturated carbocycles. The van der Waals surface area contributed by atoms with E-state index in [1.54, 1.807) is 30.2 Å². The maximum atomic E-state index is 14.0. The maximum absolute atomic E-state index is 14.0. The largest absolute Gasteiger partial charge is 0.394 e. The first kappa shape index (κ1) is 30.0. The van der Waals surface area contributed by atoms with E-state index >= 15 is 0 Å². The second-order valence-electron chi connectivity index (χ2n) is 12.4. The van der Waals surface area contributed by atoms with Crippen LogP contribution in [0.3, 0.4) is 0 Å². The lowest BCUT2D eigenvalue weighted by Gasteiger charge is -2.25. The predicted molar refractivity (Wildman–Crippen MR) is 172 cm³/mol. The van der Waals surface area contributed by atoms with Crippen molar-refractivity contribution >= 4 is 17.5 Å². The van der Waals surface area contributed by atoms with Crippen LogP contribution in [0.2, 0.25) is 0 Å². The number of aliphatic hydroxyl groups excluding tert-OH is 1. The van der Waals surface area contributed by atoms with Gasteiger partial charge in [0.05, 0.1) is 24.0 Å². The van der Waals surface area contributed by atoms with Gasteiger partial charge in [-0.1, -0.05) is 30.3 Å². The van der Waals surface area contributed by atoms with Gasteiger partial charge in [-0.3, -0.25) is 24.1 Å². The second-order valence-corrected chi connectivity index (χ2v) is 12.4. The number of benzene rings is 2. The first-order valence-electron chi connectivity index (χ1n) is 15.1. The number of anilines is 1. The Labute approximate surface area is 261 Å². The SMILES string of the molecule is Cc1n[nH]c(C)c1-c1ccc(NC(=O)[C@@H](NC(=O)c2ccnn2C)[C@@H]2CCc3ccc(-c4cnn(C(C)(C)CO)c4)cc32)cc1. The number of aliphatic hydroxyl groups is 1. The van der Waals surface area contributed by atoms with Gasteiger partial charge < -0.3 is 15.7 Å². The molecule has 0 saturated heterocycles. The molecule has 11 heteroatoms. The van der Waals surface area contributed by atoms with E-state index in [-0.39, 0.29) is 24.3 Å². The lowest BCUT2D eigenvalue weighted by Crippen LogP contribution is -2.47. The van der Waals surface area contributed by atoms with E-state index in [1.165, 1.54) is 4.68 Å². The molecule has 2 aromatic carbocycles. The highest BCUT2D eigenvalue weighted by Gasteiger charge is 2.36. The van der Waals surface area contributed by atoms with Crippen LogP contribution in [0.4, 0.5) is 5.69 Å². The fourth-order valence-electron chi connectivity index (χ4n) is 6.11. The van der Waals surface area contributed by atoms with Crippen LogP contribution in [0.1, 0.15) is 59.2 Å². The molecule has 2 atom stereocenters. The minimum absolute atomic E-state index is 0.0428. The summed E-state index contributed by atoms with van der Waals surface area (Å²) in [6.07, 6.45) is 6.77. The number of hydrogen-bond donors (Lipinski definition) is 4. The van der Waals surface area contributed by atoms with Gasteiger partial charge in [0, 0.05) is 47.9 Å². The molecular formula is C34H38N8O3. The third-order valence-electron chi connectivity index (χ3n) is 8.79. The summed E-state index contributed by atoms with van der Waals surface area (Å²) in [4.78, 5) is 27.4. The highest BCUT2D eigenvalue weighted by molar-refractivity contribution is 6.01. The summed E-state index contributed by atoms with van der Waals surface area (Å²) in [6, 6.07) is 14.7. The highest BCUT2D eigenvalue weighted by Crippen LogP contribution is 2.39. The molecule has 2 amide bonds. The van der Waals surface area contributed by atoms with Gasteiger partial charge in [-0.2, -0.15) is 15.3 Å². The number of nitrogens with one attached hydrogen (secondary N) is 3. The summed E-state index contributed by atoms with van der Waals surface area (Å²) < 4.78 is 3.26. The number of fused-ring (bicyclic) bond motifs is 1.